The predicted octanol–water partition coefficient (Wildman–Crippen LogP) is -3.80. The number of ketones is 1. The summed E-state index contributed by atoms with van der Waals surface area (Å²) in [5, 5.41) is 28.7. The first-order chi connectivity index (χ1) is 5.27. The Bertz CT molecular complexity index is 228. The molecule has 0 aliphatic rings. The molecule has 1 N–H and O–H groups in total. The number of rotatable bonds is 4. The minimum atomic E-state index is -2.46. The lowest BCUT2D eigenvalue weighted by molar-refractivity contribution is -0.323. The van der Waals surface area contributed by atoms with Gasteiger partial charge < -0.3 is 24.9 Å². The van der Waals surface area contributed by atoms with Crippen molar-refractivity contribution in [3.8, 4) is 0 Å². The molecule has 1 atom stereocenters. The van der Waals surface area contributed by atoms with E-state index in [4.69, 9.17) is 5.11 Å². The fourth-order valence-electron chi connectivity index (χ4n) is 0.457. The average Bonchev–Trinajstić information content (AvgIpc) is 1.85. The predicted molar refractivity (Wildman–Crippen MR) is 30.3 cm³/mol. The smallest absolute Gasteiger partial charge is 0.181 e. The SMILES string of the molecule is C[C@@](O)(CC(=O)C(=O)[O-])C(=O)[O-]. The van der Waals surface area contributed by atoms with E-state index in [1.54, 1.807) is 0 Å². The number of hydrogen-bond acceptors (Lipinski definition) is 6. The Morgan fingerprint density at radius 2 is 1.75 bits per heavy atom. The van der Waals surface area contributed by atoms with Crippen LogP contribution in [0.25, 0.3) is 0 Å². The average molecular weight is 174 g/mol. The lowest BCUT2D eigenvalue weighted by Crippen LogP contribution is -2.49. The van der Waals surface area contributed by atoms with Gasteiger partial charge in [0.25, 0.3) is 0 Å². The first kappa shape index (κ1) is 10.6. The van der Waals surface area contributed by atoms with Gasteiger partial charge in [0.1, 0.15) is 11.6 Å². The molecule has 0 spiro atoms. The molecular weight excluding hydrogens is 168 g/mol. The minimum Gasteiger partial charge on any atom is -0.547 e. The van der Waals surface area contributed by atoms with Gasteiger partial charge in [0.15, 0.2) is 5.78 Å². The van der Waals surface area contributed by atoms with Gasteiger partial charge in [0, 0.05) is 6.42 Å². The lowest BCUT2D eigenvalue weighted by Gasteiger charge is -2.23. The molecule has 0 aromatic carbocycles. The number of carbonyl (C=O) groups is 3. The van der Waals surface area contributed by atoms with Crippen molar-refractivity contribution in [2.75, 3.05) is 0 Å². The van der Waals surface area contributed by atoms with Gasteiger partial charge in [0.05, 0.1) is 5.97 Å². The molecule has 6 heteroatoms. The van der Waals surface area contributed by atoms with Crippen LogP contribution in [-0.2, 0) is 14.4 Å². The van der Waals surface area contributed by atoms with E-state index in [0.717, 1.165) is 6.92 Å². The highest BCUT2D eigenvalue weighted by Gasteiger charge is 2.25. The summed E-state index contributed by atoms with van der Waals surface area (Å²) in [5.41, 5.74) is -2.46. The van der Waals surface area contributed by atoms with Gasteiger partial charge in [-0.1, -0.05) is 0 Å². The Balaban J connectivity index is 4.35. The zero-order valence-corrected chi connectivity index (χ0v) is 6.20. The number of carboxylic acid groups (broad SMARTS) is 2. The van der Waals surface area contributed by atoms with Crippen molar-refractivity contribution in [3.63, 3.8) is 0 Å². The zero-order chi connectivity index (χ0) is 9.94. The Morgan fingerprint density at radius 1 is 1.33 bits per heavy atom. The van der Waals surface area contributed by atoms with Gasteiger partial charge in [-0.15, -0.1) is 0 Å². The molecule has 0 bridgehead atoms. The molecule has 0 amide bonds. The maximum absolute atomic E-state index is 10.3. The maximum atomic E-state index is 10.3. The van der Waals surface area contributed by atoms with E-state index in [-0.39, 0.29) is 0 Å². The first-order valence-electron chi connectivity index (χ1n) is 2.95. The standard InChI is InChI=1S/C6H8O6/c1-6(12,5(10)11)2-3(7)4(8)9/h12H,2H2,1H3,(H,8,9)(H,10,11)/p-2/t6-/m1/s1. The molecule has 0 radical (unpaired) electrons. The molecular formula is C6H6O6-2. The quantitative estimate of drug-likeness (QED) is 0.436. The highest BCUT2D eigenvalue weighted by Crippen LogP contribution is 2.07. The molecule has 68 valence electrons. The van der Waals surface area contributed by atoms with Crippen LogP contribution in [0.3, 0.4) is 0 Å². The van der Waals surface area contributed by atoms with E-state index in [1.165, 1.54) is 0 Å². The highest BCUT2D eigenvalue weighted by atomic mass is 16.4. The third-order valence-corrected chi connectivity index (χ3v) is 1.17. The summed E-state index contributed by atoms with van der Waals surface area (Å²) in [6, 6.07) is 0. The monoisotopic (exact) mass is 174 g/mol. The molecule has 0 aliphatic heterocycles. The lowest BCUT2D eigenvalue weighted by atomic mass is 10.00. The van der Waals surface area contributed by atoms with Gasteiger partial charge in [-0.3, -0.25) is 4.79 Å². The Morgan fingerprint density at radius 3 is 2.00 bits per heavy atom. The van der Waals surface area contributed by atoms with E-state index in [0.29, 0.717) is 0 Å². The number of hydrogen-bond donors (Lipinski definition) is 1. The number of carbonyl (C=O) groups excluding carboxylic acids is 3. The van der Waals surface area contributed by atoms with Crippen LogP contribution in [0, 0.1) is 0 Å². The summed E-state index contributed by atoms with van der Waals surface area (Å²) in [6.07, 6.45) is -1.06. The molecule has 0 unspecified atom stereocenters. The largest absolute Gasteiger partial charge is 0.547 e. The second kappa shape index (κ2) is 3.31. The third-order valence-electron chi connectivity index (χ3n) is 1.17. The van der Waals surface area contributed by atoms with Gasteiger partial charge in [-0.05, 0) is 6.92 Å². The fraction of sp³-hybridized carbons (Fsp3) is 0.500. The molecule has 0 heterocycles. The van der Waals surface area contributed by atoms with E-state index < -0.39 is 29.7 Å². The number of aliphatic carboxylic acids is 2. The van der Waals surface area contributed by atoms with Gasteiger partial charge >= 0.3 is 0 Å². The van der Waals surface area contributed by atoms with Crippen LogP contribution < -0.4 is 10.2 Å². The van der Waals surface area contributed by atoms with E-state index in [1.807, 2.05) is 0 Å². The van der Waals surface area contributed by atoms with Crippen molar-refractivity contribution in [2.24, 2.45) is 0 Å². The third kappa shape index (κ3) is 2.67. The molecule has 12 heavy (non-hydrogen) atoms. The van der Waals surface area contributed by atoms with Crippen molar-refractivity contribution in [1.29, 1.82) is 0 Å². The van der Waals surface area contributed by atoms with Crippen molar-refractivity contribution < 1.29 is 29.7 Å². The second-order valence-corrected chi connectivity index (χ2v) is 2.45. The van der Waals surface area contributed by atoms with Crippen LogP contribution in [0.15, 0.2) is 0 Å². The van der Waals surface area contributed by atoms with E-state index in [9.17, 15) is 24.6 Å². The summed E-state index contributed by atoms with van der Waals surface area (Å²) in [6.45, 7) is 0.767. The Labute approximate surface area is 67.4 Å². The molecule has 0 saturated heterocycles. The van der Waals surface area contributed by atoms with Gasteiger partial charge in [-0.2, -0.15) is 0 Å². The van der Waals surface area contributed by atoms with Crippen LogP contribution in [0.5, 0.6) is 0 Å². The zero-order valence-electron chi connectivity index (χ0n) is 6.20. The topological polar surface area (TPSA) is 118 Å². The van der Waals surface area contributed by atoms with E-state index >= 15 is 0 Å². The molecule has 0 aromatic heterocycles. The van der Waals surface area contributed by atoms with Crippen molar-refractivity contribution >= 4 is 17.7 Å². The summed E-state index contributed by atoms with van der Waals surface area (Å²) >= 11 is 0. The summed E-state index contributed by atoms with van der Waals surface area (Å²) in [4.78, 5) is 30.2. The van der Waals surface area contributed by atoms with Gasteiger partial charge in [0.2, 0.25) is 0 Å². The summed E-state index contributed by atoms with van der Waals surface area (Å²) in [7, 11) is 0. The number of carboxylic acids is 2. The van der Waals surface area contributed by atoms with Crippen molar-refractivity contribution in [3.05, 3.63) is 0 Å². The van der Waals surface area contributed by atoms with Crippen LogP contribution in [-0.4, -0.2) is 28.4 Å². The molecule has 0 saturated carbocycles. The molecule has 0 aliphatic carbocycles. The highest BCUT2D eigenvalue weighted by molar-refractivity contribution is 6.32. The van der Waals surface area contributed by atoms with Crippen molar-refractivity contribution in [1.82, 2.24) is 0 Å². The Hall–Kier alpha value is -1.43. The summed E-state index contributed by atoms with van der Waals surface area (Å²) < 4.78 is 0. The second-order valence-electron chi connectivity index (χ2n) is 2.45. The van der Waals surface area contributed by atoms with Crippen molar-refractivity contribution in [2.45, 2.75) is 18.9 Å². The Kier molecular flexibility index (Phi) is 2.92. The molecule has 6 nitrogen and oxygen atoms in total. The van der Waals surface area contributed by atoms with Crippen LogP contribution in [0.4, 0.5) is 0 Å². The van der Waals surface area contributed by atoms with Gasteiger partial charge in [-0.25, -0.2) is 0 Å². The number of aliphatic hydroxyl groups is 1. The summed E-state index contributed by atoms with van der Waals surface area (Å²) in [5.74, 6) is -5.42. The maximum Gasteiger partial charge on any atom is 0.181 e. The molecule has 0 fully saturated rings. The van der Waals surface area contributed by atoms with Crippen LogP contribution in [0.2, 0.25) is 0 Å². The minimum absolute atomic E-state index is 0.767. The number of Topliss-reactive ketones (excluding diaryl/α,β-unsaturated/α-hetero) is 1. The first-order valence-corrected chi connectivity index (χ1v) is 2.95. The van der Waals surface area contributed by atoms with Crippen LogP contribution >= 0.6 is 0 Å². The van der Waals surface area contributed by atoms with E-state index in [2.05, 4.69) is 0 Å². The molecule has 0 aromatic rings. The van der Waals surface area contributed by atoms with Crippen LogP contribution in [0.1, 0.15) is 13.3 Å². The fourth-order valence-corrected chi connectivity index (χ4v) is 0.457. The molecule has 0 rings (SSSR count). The normalized spacial score (nSPS) is 14.8.